The van der Waals surface area contributed by atoms with Gasteiger partial charge in [0, 0.05) is 0 Å². The molecule has 1 aliphatic carbocycles. The first-order chi connectivity index (χ1) is 11.9. The average Bonchev–Trinajstić information content (AvgIpc) is 2.60. The Morgan fingerprint density at radius 2 is 2.04 bits per heavy atom. The van der Waals surface area contributed by atoms with Gasteiger partial charge in [0.1, 0.15) is 18.7 Å². The molecule has 1 rings (SSSR count). The van der Waals surface area contributed by atoms with Crippen LogP contribution in [0.3, 0.4) is 0 Å². The van der Waals surface area contributed by atoms with Crippen molar-refractivity contribution in [3.05, 3.63) is 24.8 Å². The molecule has 0 bridgehead atoms. The second kappa shape index (κ2) is 10.5. The third-order valence-corrected chi connectivity index (χ3v) is 3.84. The molecular weight excluding hydrogens is 328 g/mol. The second-order valence-corrected chi connectivity index (χ2v) is 5.86. The number of hydrogen-bond acceptors (Lipinski definition) is 6. The Morgan fingerprint density at radius 3 is 2.60 bits per heavy atom. The summed E-state index contributed by atoms with van der Waals surface area (Å²) in [5.74, 6) is -1.03. The summed E-state index contributed by atoms with van der Waals surface area (Å²) in [6, 6.07) is -1.72. The minimum absolute atomic E-state index is 0.0326. The van der Waals surface area contributed by atoms with Gasteiger partial charge < -0.3 is 25.2 Å². The van der Waals surface area contributed by atoms with Crippen molar-refractivity contribution in [2.24, 2.45) is 5.92 Å². The minimum Gasteiger partial charge on any atom is -0.467 e. The van der Waals surface area contributed by atoms with Gasteiger partial charge in [-0.3, -0.25) is 4.79 Å². The highest BCUT2D eigenvalue weighted by atomic mass is 16.5. The van der Waals surface area contributed by atoms with E-state index < -0.39 is 36.2 Å². The number of allylic oxidation sites excluding steroid dienone is 1. The molecule has 0 fully saturated rings. The SMILES string of the molecule is C=CCOC(=O)N[C@@H](C)C(=O)N[C@@H](C[C@H]1C=C[C@H](O)CC1)C(=O)OC. The number of alkyl carbamates (subject to hydrolysis) is 1. The summed E-state index contributed by atoms with van der Waals surface area (Å²) in [7, 11) is 1.25. The number of rotatable bonds is 8. The molecule has 0 spiro atoms. The smallest absolute Gasteiger partial charge is 0.408 e. The number of ether oxygens (including phenoxy) is 2. The Morgan fingerprint density at radius 1 is 1.32 bits per heavy atom. The van der Waals surface area contributed by atoms with Crippen molar-refractivity contribution in [1.82, 2.24) is 10.6 Å². The lowest BCUT2D eigenvalue weighted by atomic mass is 9.89. The molecule has 0 aromatic carbocycles. The third-order valence-electron chi connectivity index (χ3n) is 3.84. The van der Waals surface area contributed by atoms with E-state index in [2.05, 4.69) is 17.2 Å². The molecule has 140 valence electrons. The van der Waals surface area contributed by atoms with E-state index in [9.17, 15) is 19.5 Å². The molecule has 4 atom stereocenters. The lowest BCUT2D eigenvalue weighted by molar-refractivity contribution is -0.145. The molecule has 3 N–H and O–H groups in total. The van der Waals surface area contributed by atoms with Crippen molar-refractivity contribution in [3.8, 4) is 0 Å². The van der Waals surface area contributed by atoms with Crippen LogP contribution in [0.25, 0.3) is 0 Å². The zero-order chi connectivity index (χ0) is 18.8. The van der Waals surface area contributed by atoms with Gasteiger partial charge in [0.2, 0.25) is 5.91 Å². The minimum atomic E-state index is -0.881. The number of amides is 2. The lowest BCUT2D eigenvalue weighted by Gasteiger charge is -2.25. The summed E-state index contributed by atoms with van der Waals surface area (Å²) in [5, 5.41) is 14.4. The first kappa shape index (κ1) is 20.7. The van der Waals surface area contributed by atoms with E-state index in [1.54, 1.807) is 6.08 Å². The van der Waals surface area contributed by atoms with Crippen molar-refractivity contribution < 1.29 is 29.0 Å². The number of nitrogens with one attached hydrogen (secondary N) is 2. The fraction of sp³-hybridized carbons (Fsp3) is 0.588. The van der Waals surface area contributed by atoms with Crippen molar-refractivity contribution in [2.75, 3.05) is 13.7 Å². The maximum atomic E-state index is 12.2. The lowest BCUT2D eigenvalue weighted by Crippen LogP contribution is -2.51. The molecule has 0 unspecified atom stereocenters. The van der Waals surface area contributed by atoms with Crippen LogP contribution < -0.4 is 10.6 Å². The van der Waals surface area contributed by atoms with Gasteiger partial charge in [-0.05, 0) is 32.1 Å². The summed E-state index contributed by atoms with van der Waals surface area (Å²) >= 11 is 0. The fourth-order valence-electron chi connectivity index (χ4n) is 2.43. The Bertz CT molecular complexity index is 519. The quantitative estimate of drug-likeness (QED) is 0.436. The molecule has 0 aliphatic heterocycles. The van der Waals surface area contributed by atoms with Gasteiger partial charge in [0.05, 0.1) is 13.2 Å². The third kappa shape index (κ3) is 7.38. The van der Waals surface area contributed by atoms with Crippen LogP contribution in [0.15, 0.2) is 24.8 Å². The molecule has 0 aromatic heterocycles. The predicted molar refractivity (Wildman–Crippen MR) is 90.6 cm³/mol. The van der Waals surface area contributed by atoms with Gasteiger partial charge in [-0.1, -0.05) is 24.8 Å². The van der Waals surface area contributed by atoms with E-state index in [-0.39, 0.29) is 12.5 Å². The highest BCUT2D eigenvalue weighted by Gasteiger charge is 2.28. The van der Waals surface area contributed by atoms with Crippen LogP contribution in [0.4, 0.5) is 4.79 Å². The molecule has 0 heterocycles. The Labute approximate surface area is 147 Å². The molecule has 0 saturated heterocycles. The summed E-state index contributed by atoms with van der Waals surface area (Å²) in [5.41, 5.74) is 0. The highest BCUT2D eigenvalue weighted by molar-refractivity contribution is 5.89. The average molecular weight is 354 g/mol. The molecule has 0 aromatic rings. The molecule has 25 heavy (non-hydrogen) atoms. The van der Waals surface area contributed by atoms with Gasteiger partial charge in [-0.25, -0.2) is 9.59 Å². The summed E-state index contributed by atoms with van der Waals surface area (Å²) in [6.45, 7) is 4.93. The predicted octanol–water partition coefficient (Wildman–Crippen LogP) is 0.662. The van der Waals surface area contributed by atoms with Gasteiger partial charge in [0.25, 0.3) is 0 Å². The molecule has 8 heteroatoms. The molecule has 0 radical (unpaired) electrons. The molecular formula is C17H26N2O6. The van der Waals surface area contributed by atoms with Crippen LogP contribution in [0.5, 0.6) is 0 Å². The number of carbonyl (C=O) groups excluding carboxylic acids is 3. The highest BCUT2D eigenvalue weighted by Crippen LogP contribution is 2.22. The van der Waals surface area contributed by atoms with Crippen LogP contribution in [-0.4, -0.2) is 55.0 Å². The summed E-state index contributed by atoms with van der Waals surface area (Å²) < 4.78 is 9.48. The Balaban J connectivity index is 2.60. The van der Waals surface area contributed by atoms with Crippen molar-refractivity contribution in [2.45, 2.75) is 44.4 Å². The van der Waals surface area contributed by atoms with E-state index >= 15 is 0 Å². The van der Waals surface area contributed by atoms with E-state index in [0.29, 0.717) is 19.3 Å². The number of aliphatic hydroxyl groups excluding tert-OH is 1. The topological polar surface area (TPSA) is 114 Å². The summed E-state index contributed by atoms with van der Waals surface area (Å²) in [4.78, 5) is 35.6. The van der Waals surface area contributed by atoms with Crippen LogP contribution in [0, 0.1) is 5.92 Å². The Hall–Kier alpha value is -2.35. The van der Waals surface area contributed by atoms with Crippen LogP contribution in [0.2, 0.25) is 0 Å². The van der Waals surface area contributed by atoms with Gasteiger partial charge in [-0.2, -0.15) is 0 Å². The summed E-state index contributed by atoms with van der Waals surface area (Å²) in [6.07, 6.45) is 5.39. The van der Waals surface area contributed by atoms with E-state index in [1.165, 1.54) is 20.1 Å². The first-order valence-electron chi connectivity index (χ1n) is 8.16. The monoisotopic (exact) mass is 354 g/mol. The van der Waals surface area contributed by atoms with Gasteiger partial charge in [-0.15, -0.1) is 0 Å². The maximum Gasteiger partial charge on any atom is 0.408 e. The zero-order valence-electron chi connectivity index (χ0n) is 14.6. The molecule has 0 saturated carbocycles. The van der Waals surface area contributed by atoms with E-state index in [0.717, 1.165) is 0 Å². The van der Waals surface area contributed by atoms with Crippen molar-refractivity contribution in [3.63, 3.8) is 0 Å². The van der Waals surface area contributed by atoms with Crippen LogP contribution >= 0.6 is 0 Å². The standard InChI is InChI=1S/C17H26N2O6/c1-4-9-25-17(23)18-11(2)15(21)19-14(16(22)24-3)10-12-5-7-13(20)8-6-12/h4-5,7,11-14,20H,1,6,8-10H2,2-3H3,(H,18,23)(H,19,21)/t11-,12-,13-,14-/m0/s1. The van der Waals surface area contributed by atoms with Gasteiger partial charge >= 0.3 is 12.1 Å². The molecule has 1 aliphatic rings. The fourth-order valence-corrected chi connectivity index (χ4v) is 2.43. The van der Waals surface area contributed by atoms with E-state index in [4.69, 9.17) is 9.47 Å². The number of carbonyl (C=O) groups is 3. The Kier molecular flexibility index (Phi) is 8.69. The normalized spacial score (nSPS) is 21.6. The molecule has 8 nitrogen and oxygen atoms in total. The number of esters is 1. The first-order valence-corrected chi connectivity index (χ1v) is 8.16. The van der Waals surface area contributed by atoms with Crippen molar-refractivity contribution in [1.29, 1.82) is 0 Å². The number of hydrogen-bond donors (Lipinski definition) is 3. The van der Waals surface area contributed by atoms with Crippen molar-refractivity contribution >= 4 is 18.0 Å². The maximum absolute atomic E-state index is 12.2. The van der Waals surface area contributed by atoms with Crippen LogP contribution in [0.1, 0.15) is 26.2 Å². The second-order valence-electron chi connectivity index (χ2n) is 5.86. The number of methoxy groups -OCH3 is 1. The largest absolute Gasteiger partial charge is 0.467 e. The van der Waals surface area contributed by atoms with E-state index in [1.807, 2.05) is 6.08 Å². The van der Waals surface area contributed by atoms with Gasteiger partial charge in [0.15, 0.2) is 0 Å². The van der Waals surface area contributed by atoms with Crippen LogP contribution in [-0.2, 0) is 19.1 Å². The zero-order valence-corrected chi connectivity index (χ0v) is 14.6. The molecule has 2 amide bonds. The number of aliphatic hydroxyl groups is 1.